The maximum absolute atomic E-state index is 5.97. The highest BCUT2D eigenvalue weighted by atomic mass is 14.8. The molecule has 1 aromatic heterocycles. The number of benzene rings is 2. The summed E-state index contributed by atoms with van der Waals surface area (Å²) in [4.78, 5) is 3.57. The lowest BCUT2D eigenvalue weighted by molar-refractivity contribution is 0.643. The first-order valence-electron chi connectivity index (χ1n) is 6.98. The zero-order chi connectivity index (χ0) is 13.6. The van der Waals surface area contributed by atoms with E-state index in [1.165, 1.54) is 27.7 Å². The highest BCUT2D eigenvalue weighted by Crippen LogP contribution is 2.45. The third kappa shape index (κ3) is 1.34. The summed E-state index contributed by atoms with van der Waals surface area (Å²) in [6.45, 7) is 0. The highest BCUT2D eigenvalue weighted by molar-refractivity contribution is 5.86. The van der Waals surface area contributed by atoms with E-state index in [0.29, 0.717) is 0 Å². The second kappa shape index (κ2) is 4.02. The van der Waals surface area contributed by atoms with E-state index in [0.717, 1.165) is 12.8 Å². The van der Waals surface area contributed by atoms with Crippen LogP contribution in [0.4, 0.5) is 0 Å². The predicted octanol–water partition coefficient (Wildman–Crippen LogP) is 4.03. The number of aromatic nitrogens is 1. The van der Waals surface area contributed by atoms with E-state index >= 15 is 0 Å². The zero-order valence-corrected chi connectivity index (χ0v) is 11.2. The molecule has 0 amide bonds. The lowest BCUT2D eigenvalue weighted by atomic mass is 9.79. The Bertz CT molecular complexity index is 820. The monoisotopic (exact) mass is 257 g/mol. The molecule has 0 spiro atoms. The van der Waals surface area contributed by atoms with Gasteiger partial charge in [-0.05, 0) is 30.0 Å². The molecule has 0 fully saturated rings. The van der Waals surface area contributed by atoms with Crippen molar-refractivity contribution in [3.8, 4) is 12.3 Å². The van der Waals surface area contributed by atoms with Crippen molar-refractivity contribution in [3.63, 3.8) is 0 Å². The van der Waals surface area contributed by atoms with Gasteiger partial charge in [0.1, 0.15) is 0 Å². The van der Waals surface area contributed by atoms with Crippen molar-refractivity contribution >= 4 is 10.9 Å². The van der Waals surface area contributed by atoms with Crippen LogP contribution in [0, 0.1) is 12.3 Å². The Balaban J connectivity index is 2.02. The van der Waals surface area contributed by atoms with Crippen molar-refractivity contribution in [1.29, 1.82) is 0 Å². The lowest BCUT2D eigenvalue weighted by Gasteiger charge is -2.23. The number of rotatable bonds is 1. The molecule has 1 unspecified atom stereocenters. The molecule has 0 bridgehead atoms. The van der Waals surface area contributed by atoms with Gasteiger partial charge < -0.3 is 4.98 Å². The standard InChI is InChI=1S/C19H15N/c1-2-19(14-8-4-3-5-9-14)13-12-16-15-10-6-7-11-17(15)20-18(16)19/h1,3-11,20H,12-13H2. The van der Waals surface area contributed by atoms with Gasteiger partial charge in [-0.25, -0.2) is 0 Å². The molecule has 3 aromatic rings. The average molecular weight is 257 g/mol. The van der Waals surface area contributed by atoms with E-state index in [-0.39, 0.29) is 5.41 Å². The first kappa shape index (κ1) is 11.4. The van der Waals surface area contributed by atoms with Crippen molar-refractivity contribution in [2.24, 2.45) is 0 Å². The summed E-state index contributed by atoms with van der Waals surface area (Å²) in [7, 11) is 0. The van der Waals surface area contributed by atoms with Crippen LogP contribution in [0.1, 0.15) is 23.2 Å². The number of hydrogen-bond donors (Lipinski definition) is 1. The molecule has 0 aliphatic heterocycles. The second-order valence-electron chi connectivity index (χ2n) is 5.44. The van der Waals surface area contributed by atoms with Gasteiger partial charge in [0.2, 0.25) is 0 Å². The molecular weight excluding hydrogens is 242 g/mol. The number of hydrogen-bond acceptors (Lipinski definition) is 0. The Morgan fingerprint density at radius 3 is 2.55 bits per heavy atom. The Hall–Kier alpha value is -2.46. The molecule has 1 atom stereocenters. The molecule has 1 aliphatic rings. The summed E-state index contributed by atoms with van der Waals surface area (Å²) >= 11 is 0. The maximum atomic E-state index is 5.97. The molecule has 4 rings (SSSR count). The normalized spacial score (nSPS) is 20.8. The minimum atomic E-state index is -0.296. The van der Waals surface area contributed by atoms with Crippen molar-refractivity contribution in [1.82, 2.24) is 4.98 Å². The van der Waals surface area contributed by atoms with Crippen LogP contribution in [0.5, 0.6) is 0 Å². The largest absolute Gasteiger partial charge is 0.357 e. The Morgan fingerprint density at radius 2 is 1.75 bits per heavy atom. The Kier molecular flexibility index (Phi) is 2.28. The number of aryl methyl sites for hydroxylation is 1. The molecule has 0 radical (unpaired) electrons. The van der Waals surface area contributed by atoms with Gasteiger partial charge in [-0.3, -0.25) is 0 Å². The SMILES string of the molecule is C#CC1(c2ccccc2)CCc2c1[nH]c1ccccc21. The van der Waals surface area contributed by atoms with Crippen LogP contribution in [-0.4, -0.2) is 4.98 Å². The minimum Gasteiger partial charge on any atom is -0.357 e. The third-order valence-electron chi connectivity index (χ3n) is 4.50. The molecule has 1 nitrogen and oxygen atoms in total. The third-order valence-corrected chi connectivity index (χ3v) is 4.50. The number of terminal acetylenes is 1. The first-order chi connectivity index (χ1) is 9.85. The fourth-order valence-corrected chi connectivity index (χ4v) is 3.50. The molecular formula is C19H15N. The minimum absolute atomic E-state index is 0.296. The van der Waals surface area contributed by atoms with Gasteiger partial charge in [0.25, 0.3) is 0 Å². The van der Waals surface area contributed by atoms with Crippen LogP contribution in [0.25, 0.3) is 10.9 Å². The van der Waals surface area contributed by atoms with Crippen molar-refractivity contribution in [2.75, 3.05) is 0 Å². The smallest absolute Gasteiger partial charge is 0.0963 e. The summed E-state index contributed by atoms with van der Waals surface area (Å²) in [5.41, 5.74) is 4.71. The molecule has 0 saturated carbocycles. The fraction of sp³-hybridized carbons (Fsp3) is 0.158. The molecule has 20 heavy (non-hydrogen) atoms. The van der Waals surface area contributed by atoms with Gasteiger partial charge in [0.05, 0.1) is 5.41 Å². The van der Waals surface area contributed by atoms with Crippen LogP contribution >= 0.6 is 0 Å². The predicted molar refractivity (Wildman–Crippen MR) is 82.7 cm³/mol. The topological polar surface area (TPSA) is 15.8 Å². The van der Waals surface area contributed by atoms with E-state index in [2.05, 4.69) is 59.4 Å². The second-order valence-corrected chi connectivity index (χ2v) is 5.44. The number of fused-ring (bicyclic) bond motifs is 3. The molecule has 1 N–H and O–H groups in total. The fourth-order valence-electron chi connectivity index (χ4n) is 3.50. The summed E-state index contributed by atoms with van der Waals surface area (Å²) in [6, 6.07) is 18.9. The van der Waals surface area contributed by atoms with E-state index in [9.17, 15) is 0 Å². The molecule has 1 heteroatoms. The van der Waals surface area contributed by atoms with E-state index in [4.69, 9.17) is 6.42 Å². The number of para-hydroxylation sites is 1. The number of H-pyrrole nitrogens is 1. The van der Waals surface area contributed by atoms with Gasteiger partial charge in [-0.2, -0.15) is 0 Å². The van der Waals surface area contributed by atoms with Crippen LogP contribution in [0.15, 0.2) is 54.6 Å². The van der Waals surface area contributed by atoms with Crippen molar-refractivity contribution in [2.45, 2.75) is 18.3 Å². The van der Waals surface area contributed by atoms with Crippen molar-refractivity contribution in [3.05, 3.63) is 71.4 Å². The van der Waals surface area contributed by atoms with E-state index < -0.39 is 0 Å². The summed E-state index contributed by atoms with van der Waals surface area (Å²) in [6.07, 6.45) is 7.99. The van der Waals surface area contributed by atoms with Crippen LogP contribution in [0.3, 0.4) is 0 Å². The first-order valence-corrected chi connectivity index (χ1v) is 6.98. The van der Waals surface area contributed by atoms with Gasteiger partial charge in [-0.15, -0.1) is 6.42 Å². The summed E-state index contributed by atoms with van der Waals surface area (Å²) < 4.78 is 0. The number of aromatic amines is 1. The average Bonchev–Trinajstić information content (AvgIpc) is 3.05. The summed E-state index contributed by atoms with van der Waals surface area (Å²) in [5, 5.41) is 1.32. The van der Waals surface area contributed by atoms with Crippen LogP contribution in [0.2, 0.25) is 0 Å². The van der Waals surface area contributed by atoms with E-state index in [1.54, 1.807) is 0 Å². The zero-order valence-electron chi connectivity index (χ0n) is 11.2. The highest BCUT2D eigenvalue weighted by Gasteiger charge is 2.41. The molecule has 2 aromatic carbocycles. The summed E-state index contributed by atoms with van der Waals surface area (Å²) in [5.74, 6) is 3.08. The van der Waals surface area contributed by atoms with Gasteiger partial charge in [-0.1, -0.05) is 54.5 Å². The van der Waals surface area contributed by atoms with Crippen LogP contribution < -0.4 is 0 Å². The van der Waals surface area contributed by atoms with Gasteiger partial charge >= 0.3 is 0 Å². The van der Waals surface area contributed by atoms with Crippen LogP contribution in [-0.2, 0) is 11.8 Å². The van der Waals surface area contributed by atoms with E-state index in [1.807, 2.05) is 6.07 Å². The molecule has 0 saturated heterocycles. The molecule has 1 heterocycles. The molecule has 1 aliphatic carbocycles. The van der Waals surface area contributed by atoms with Gasteiger partial charge in [0, 0.05) is 16.6 Å². The number of nitrogens with one attached hydrogen (secondary N) is 1. The van der Waals surface area contributed by atoms with Crippen molar-refractivity contribution < 1.29 is 0 Å². The quantitative estimate of drug-likeness (QED) is 0.633. The Morgan fingerprint density at radius 1 is 1.00 bits per heavy atom. The maximum Gasteiger partial charge on any atom is 0.0963 e. The lowest BCUT2D eigenvalue weighted by Crippen LogP contribution is -2.22. The Labute approximate surface area is 118 Å². The van der Waals surface area contributed by atoms with Gasteiger partial charge in [0.15, 0.2) is 0 Å². The molecule has 96 valence electrons.